The molecule has 0 radical (unpaired) electrons. The van der Waals surface area contributed by atoms with Crippen molar-refractivity contribution in [1.82, 2.24) is 9.78 Å². The molecule has 1 saturated heterocycles. The molecule has 2 heterocycles. The van der Waals surface area contributed by atoms with Crippen molar-refractivity contribution in [3.63, 3.8) is 0 Å². The number of phenolic OH excluding ortho intramolecular Hbond substituents is 1. The van der Waals surface area contributed by atoms with Crippen molar-refractivity contribution in [2.45, 2.75) is 38.9 Å². The molecule has 0 bridgehead atoms. The van der Waals surface area contributed by atoms with Crippen molar-refractivity contribution < 1.29 is 14.4 Å². The number of benzene rings is 2. The molecule has 0 amide bonds. The third kappa shape index (κ3) is 2.69. The number of phenols is 1. The summed E-state index contributed by atoms with van der Waals surface area (Å²) in [5.41, 5.74) is 1.67. The first kappa shape index (κ1) is 17.4. The van der Waals surface area contributed by atoms with Gasteiger partial charge >= 0.3 is 7.12 Å². The van der Waals surface area contributed by atoms with Gasteiger partial charge in [0.05, 0.1) is 22.4 Å². The molecule has 7 heteroatoms. The molecule has 0 aliphatic carbocycles. The van der Waals surface area contributed by atoms with Gasteiger partial charge in [-0.05, 0) is 69.6 Å². The quantitative estimate of drug-likeness (QED) is 0.699. The molecular formula is C19H20BClN2O3. The first-order valence-electron chi connectivity index (χ1n) is 8.51. The van der Waals surface area contributed by atoms with Crippen LogP contribution in [0.1, 0.15) is 27.7 Å². The minimum atomic E-state index is -0.447. The monoisotopic (exact) mass is 370 g/mol. The maximum absolute atomic E-state index is 9.46. The Morgan fingerprint density at radius 1 is 1.00 bits per heavy atom. The van der Waals surface area contributed by atoms with Gasteiger partial charge in [-0.25, -0.2) is 4.68 Å². The summed E-state index contributed by atoms with van der Waals surface area (Å²) in [6.07, 6.45) is 0. The van der Waals surface area contributed by atoms with Crippen LogP contribution in [0.3, 0.4) is 0 Å². The van der Waals surface area contributed by atoms with Crippen molar-refractivity contribution in [2.24, 2.45) is 0 Å². The van der Waals surface area contributed by atoms with E-state index in [1.807, 2.05) is 45.9 Å². The Morgan fingerprint density at radius 2 is 1.62 bits per heavy atom. The van der Waals surface area contributed by atoms with Crippen LogP contribution in [0.15, 0.2) is 42.5 Å². The van der Waals surface area contributed by atoms with Crippen molar-refractivity contribution in [2.75, 3.05) is 0 Å². The number of aromatic nitrogens is 2. The summed E-state index contributed by atoms with van der Waals surface area (Å²) < 4.78 is 13.9. The normalized spacial score (nSPS) is 18.6. The van der Waals surface area contributed by atoms with Gasteiger partial charge in [-0.3, -0.25) is 0 Å². The summed E-state index contributed by atoms with van der Waals surface area (Å²) in [5.74, 6) is 0.199. The van der Waals surface area contributed by atoms with Crippen molar-refractivity contribution in [3.8, 4) is 11.4 Å². The first-order valence-corrected chi connectivity index (χ1v) is 8.89. The minimum absolute atomic E-state index is 0.199. The average molecular weight is 371 g/mol. The highest BCUT2D eigenvalue weighted by Crippen LogP contribution is 2.37. The molecule has 5 nitrogen and oxygen atoms in total. The highest BCUT2D eigenvalue weighted by molar-refractivity contribution is 6.62. The molecule has 0 unspecified atom stereocenters. The van der Waals surface area contributed by atoms with Crippen molar-refractivity contribution >= 4 is 35.1 Å². The van der Waals surface area contributed by atoms with Crippen LogP contribution in [0, 0.1) is 0 Å². The first-order chi connectivity index (χ1) is 12.2. The zero-order chi connectivity index (χ0) is 18.7. The van der Waals surface area contributed by atoms with Gasteiger partial charge in [0, 0.05) is 5.39 Å². The van der Waals surface area contributed by atoms with E-state index in [2.05, 4.69) is 5.10 Å². The summed E-state index contributed by atoms with van der Waals surface area (Å²) >= 11 is 6.58. The predicted molar refractivity (Wildman–Crippen MR) is 103 cm³/mol. The molecule has 0 spiro atoms. The van der Waals surface area contributed by atoms with E-state index in [0.717, 1.165) is 22.1 Å². The number of rotatable bonds is 2. The molecule has 1 N–H and O–H groups in total. The molecule has 2 aromatic carbocycles. The van der Waals surface area contributed by atoms with Crippen LogP contribution in [-0.4, -0.2) is 33.2 Å². The molecule has 1 fully saturated rings. The third-order valence-electron chi connectivity index (χ3n) is 5.26. The van der Waals surface area contributed by atoms with Gasteiger partial charge in [0.2, 0.25) is 0 Å². The van der Waals surface area contributed by atoms with E-state index in [4.69, 9.17) is 20.9 Å². The summed E-state index contributed by atoms with van der Waals surface area (Å²) in [7, 11) is -0.447. The summed E-state index contributed by atoms with van der Waals surface area (Å²) in [6.45, 7) is 8.12. The van der Waals surface area contributed by atoms with Gasteiger partial charge in [0.1, 0.15) is 10.9 Å². The van der Waals surface area contributed by atoms with Gasteiger partial charge in [-0.1, -0.05) is 17.7 Å². The summed E-state index contributed by atoms with van der Waals surface area (Å²) in [4.78, 5) is 0. The molecule has 26 heavy (non-hydrogen) atoms. The second kappa shape index (κ2) is 5.74. The zero-order valence-corrected chi connectivity index (χ0v) is 15.9. The Hall–Kier alpha value is -2.02. The van der Waals surface area contributed by atoms with E-state index in [-0.39, 0.29) is 5.75 Å². The molecule has 4 rings (SSSR count). The number of halogens is 1. The predicted octanol–water partition coefficient (Wildman–Crippen LogP) is 3.68. The number of aromatic hydroxyl groups is 1. The van der Waals surface area contributed by atoms with Gasteiger partial charge in [0.25, 0.3) is 0 Å². The lowest BCUT2D eigenvalue weighted by Crippen LogP contribution is -2.41. The number of hydrogen-bond acceptors (Lipinski definition) is 4. The SMILES string of the molecule is CC1(C)OB(c2ccc3nn(-c4ccc(O)cc4)c(Cl)c3c2)OC1(C)C. The van der Waals surface area contributed by atoms with Crippen LogP contribution in [0.2, 0.25) is 5.15 Å². The molecule has 1 aliphatic heterocycles. The van der Waals surface area contributed by atoms with E-state index in [0.29, 0.717) is 5.15 Å². The van der Waals surface area contributed by atoms with Crippen LogP contribution in [0.4, 0.5) is 0 Å². The maximum Gasteiger partial charge on any atom is 0.494 e. The molecule has 0 atom stereocenters. The smallest absolute Gasteiger partial charge is 0.494 e. The number of nitrogens with zero attached hydrogens (tertiary/aromatic N) is 2. The minimum Gasteiger partial charge on any atom is -0.508 e. The van der Waals surface area contributed by atoms with E-state index in [9.17, 15) is 5.11 Å². The second-order valence-electron chi connectivity index (χ2n) is 7.58. The lowest BCUT2D eigenvalue weighted by atomic mass is 9.79. The van der Waals surface area contributed by atoms with E-state index in [1.54, 1.807) is 28.9 Å². The Kier molecular flexibility index (Phi) is 3.84. The molecule has 134 valence electrons. The topological polar surface area (TPSA) is 56.5 Å². The lowest BCUT2D eigenvalue weighted by Gasteiger charge is -2.32. The molecular weight excluding hydrogens is 350 g/mol. The van der Waals surface area contributed by atoms with Gasteiger partial charge in [0.15, 0.2) is 0 Å². The van der Waals surface area contributed by atoms with Crippen LogP contribution in [-0.2, 0) is 9.31 Å². The number of hydrogen-bond donors (Lipinski definition) is 1. The average Bonchev–Trinajstić information content (AvgIpc) is 3.01. The van der Waals surface area contributed by atoms with Gasteiger partial charge < -0.3 is 14.4 Å². The Morgan fingerprint density at radius 3 is 2.23 bits per heavy atom. The van der Waals surface area contributed by atoms with Crippen LogP contribution < -0.4 is 5.46 Å². The fraction of sp³-hybridized carbons (Fsp3) is 0.316. The maximum atomic E-state index is 9.46. The van der Waals surface area contributed by atoms with Crippen LogP contribution in [0.5, 0.6) is 5.75 Å². The summed E-state index contributed by atoms with van der Waals surface area (Å²) in [5, 5.41) is 15.4. The summed E-state index contributed by atoms with van der Waals surface area (Å²) in [6, 6.07) is 12.6. The van der Waals surface area contributed by atoms with Crippen molar-refractivity contribution in [1.29, 1.82) is 0 Å². The van der Waals surface area contributed by atoms with Gasteiger partial charge in [-0.15, -0.1) is 0 Å². The van der Waals surface area contributed by atoms with Gasteiger partial charge in [-0.2, -0.15) is 5.10 Å². The standard InChI is InChI=1S/C19H20BClN2O3/c1-18(2)19(3,4)26-20(25-18)12-5-10-16-15(11-12)17(21)23(22-16)13-6-8-14(24)9-7-13/h5-11,24H,1-4H3. The number of fused-ring (bicyclic) bond motifs is 1. The molecule has 1 aliphatic rings. The lowest BCUT2D eigenvalue weighted by molar-refractivity contribution is 0.00578. The van der Waals surface area contributed by atoms with E-state index >= 15 is 0 Å². The molecule has 0 saturated carbocycles. The fourth-order valence-electron chi connectivity index (χ4n) is 2.96. The highest BCUT2D eigenvalue weighted by atomic mass is 35.5. The largest absolute Gasteiger partial charge is 0.508 e. The Labute approximate surface area is 157 Å². The second-order valence-corrected chi connectivity index (χ2v) is 7.94. The Balaban J connectivity index is 1.75. The van der Waals surface area contributed by atoms with E-state index in [1.165, 1.54) is 0 Å². The highest BCUT2D eigenvalue weighted by Gasteiger charge is 2.51. The van der Waals surface area contributed by atoms with Crippen LogP contribution in [0.25, 0.3) is 16.6 Å². The van der Waals surface area contributed by atoms with Crippen LogP contribution >= 0.6 is 11.6 Å². The third-order valence-corrected chi connectivity index (χ3v) is 5.62. The zero-order valence-electron chi connectivity index (χ0n) is 15.2. The molecule has 3 aromatic rings. The molecule has 1 aromatic heterocycles. The fourth-order valence-corrected chi connectivity index (χ4v) is 3.25. The van der Waals surface area contributed by atoms with Crippen molar-refractivity contribution in [3.05, 3.63) is 47.6 Å². The Bertz CT molecular complexity index is 966. The van der Waals surface area contributed by atoms with E-state index < -0.39 is 18.3 Å².